The molecule has 1 aromatic heterocycles. The Morgan fingerprint density at radius 3 is 3.12 bits per heavy atom. The van der Waals surface area contributed by atoms with E-state index in [0.717, 1.165) is 55.9 Å². The molecule has 1 aliphatic heterocycles. The molecule has 26 heavy (non-hydrogen) atoms. The molecule has 1 unspecified atom stereocenters. The van der Waals surface area contributed by atoms with Crippen LogP contribution in [0.4, 0.5) is 5.82 Å². The van der Waals surface area contributed by atoms with Gasteiger partial charge in [0.05, 0.1) is 0 Å². The molecule has 0 spiro atoms. The van der Waals surface area contributed by atoms with Crippen molar-refractivity contribution in [3.05, 3.63) is 47.2 Å². The van der Waals surface area contributed by atoms with Crippen LogP contribution in [0.2, 0.25) is 0 Å². The molecule has 1 saturated carbocycles. The maximum atomic E-state index is 6.43. The molecule has 0 amide bonds. The average Bonchev–Trinajstić information content (AvgIpc) is 3.27. The summed E-state index contributed by atoms with van der Waals surface area (Å²) in [7, 11) is 0. The molecule has 2 atom stereocenters. The van der Waals surface area contributed by atoms with Crippen molar-refractivity contribution in [3.8, 4) is 5.75 Å². The number of hydrogen-bond acceptors (Lipinski definition) is 3. The van der Waals surface area contributed by atoms with Crippen molar-refractivity contribution in [2.75, 3.05) is 6.54 Å². The van der Waals surface area contributed by atoms with Gasteiger partial charge in [0.15, 0.2) is 0 Å². The van der Waals surface area contributed by atoms with E-state index in [4.69, 9.17) is 4.74 Å². The first-order chi connectivity index (χ1) is 12.8. The predicted octanol–water partition coefficient (Wildman–Crippen LogP) is 3.98. The van der Waals surface area contributed by atoms with E-state index in [0.29, 0.717) is 6.04 Å². The summed E-state index contributed by atoms with van der Waals surface area (Å²) in [5.74, 6) is 2.03. The van der Waals surface area contributed by atoms with E-state index in [9.17, 15) is 0 Å². The van der Waals surface area contributed by atoms with Gasteiger partial charge in [0, 0.05) is 30.8 Å². The number of fused-ring (bicyclic) bond motifs is 1. The first-order valence-electron chi connectivity index (χ1n) is 9.40. The van der Waals surface area contributed by atoms with E-state index in [-0.39, 0.29) is 6.10 Å². The van der Waals surface area contributed by atoms with Crippen molar-refractivity contribution in [2.45, 2.75) is 51.3 Å². The molecule has 2 aromatic rings. The summed E-state index contributed by atoms with van der Waals surface area (Å²) in [6.07, 6.45) is 8.18. The lowest BCUT2D eigenvalue weighted by atomic mass is 10.0. The van der Waals surface area contributed by atoms with Gasteiger partial charge in [-0.1, -0.05) is 12.1 Å². The van der Waals surface area contributed by atoms with Gasteiger partial charge in [-0.05, 0) is 62.7 Å². The van der Waals surface area contributed by atoms with Gasteiger partial charge in [0.25, 0.3) is 0 Å². The first kappa shape index (κ1) is 17.0. The van der Waals surface area contributed by atoms with E-state index in [1.807, 2.05) is 0 Å². The van der Waals surface area contributed by atoms with Gasteiger partial charge < -0.3 is 14.6 Å². The number of nitrogens with zero attached hydrogens (tertiary/aromatic N) is 3. The normalized spacial score (nSPS) is 22.5. The molecule has 2 aliphatic rings. The summed E-state index contributed by atoms with van der Waals surface area (Å²) in [5.41, 5.74) is 3.92. The smallest absolute Gasteiger partial charge is 0.137 e. The van der Waals surface area contributed by atoms with Gasteiger partial charge in [-0.15, -0.1) is 0 Å². The summed E-state index contributed by atoms with van der Waals surface area (Å²) >= 11 is 0. The number of benzene rings is 1. The molecule has 1 aromatic carbocycles. The molecule has 1 N–H and O–H groups in total. The fraction of sp³-hybridized carbons (Fsp3) is 0.429. The lowest BCUT2D eigenvalue weighted by Gasteiger charge is -2.23. The second-order valence-corrected chi connectivity index (χ2v) is 7.18. The first-order valence-corrected chi connectivity index (χ1v) is 9.40. The standard InChI is InChI=1S/C21H26N4O/c1-15-9-11-25(21(15)24-14-22-2)17-6-7-18(12-17)26-20-5-3-4-16-8-10-23-13-19(16)20/h3-5,9,11,14,17-18,23H,2,6-8,10,12-13H2,1H3/b24-14-/t17?,18-/m1/s1. The number of hydrogen-bond donors (Lipinski definition) is 1. The van der Waals surface area contributed by atoms with Crippen LogP contribution in [0, 0.1) is 6.92 Å². The fourth-order valence-corrected chi connectivity index (χ4v) is 4.15. The number of nitrogens with one attached hydrogen (secondary N) is 1. The molecule has 0 saturated heterocycles. The minimum absolute atomic E-state index is 0.255. The van der Waals surface area contributed by atoms with Crippen molar-refractivity contribution in [1.29, 1.82) is 0 Å². The maximum absolute atomic E-state index is 6.43. The Morgan fingerprint density at radius 1 is 1.31 bits per heavy atom. The SMILES string of the molecule is C=N/C=N\c1c(C)ccn1C1CC[C@@H](Oc2cccc3c2CNCC3)C1. The van der Waals surface area contributed by atoms with Gasteiger partial charge in [0.1, 0.15) is 24.0 Å². The Bertz CT molecular complexity index is 823. The summed E-state index contributed by atoms with van der Waals surface area (Å²) < 4.78 is 8.70. The minimum Gasteiger partial charge on any atom is -0.490 e. The van der Waals surface area contributed by atoms with Crippen LogP contribution in [-0.2, 0) is 13.0 Å². The third-order valence-electron chi connectivity index (χ3n) is 5.49. The summed E-state index contributed by atoms with van der Waals surface area (Å²) in [6.45, 7) is 7.52. The number of rotatable bonds is 5. The molecule has 4 rings (SSSR count). The highest BCUT2D eigenvalue weighted by Gasteiger charge is 2.29. The Balaban J connectivity index is 1.48. The third kappa shape index (κ3) is 3.31. The van der Waals surface area contributed by atoms with E-state index >= 15 is 0 Å². The molecular weight excluding hydrogens is 324 g/mol. The minimum atomic E-state index is 0.255. The zero-order chi connectivity index (χ0) is 17.9. The van der Waals surface area contributed by atoms with Crippen LogP contribution in [0.3, 0.4) is 0 Å². The summed E-state index contributed by atoms with van der Waals surface area (Å²) in [5, 5.41) is 3.46. The zero-order valence-electron chi connectivity index (χ0n) is 15.3. The largest absolute Gasteiger partial charge is 0.490 e. The summed E-state index contributed by atoms with van der Waals surface area (Å²) in [6, 6.07) is 8.99. The van der Waals surface area contributed by atoms with Crippen molar-refractivity contribution < 1.29 is 4.74 Å². The lowest BCUT2D eigenvalue weighted by molar-refractivity contribution is 0.201. The van der Waals surface area contributed by atoms with E-state index in [2.05, 4.69) is 64.0 Å². The van der Waals surface area contributed by atoms with Gasteiger partial charge >= 0.3 is 0 Å². The monoisotopic (exact) mass is 350 g/mol. The predicted molar refractivity (Wildman–Crippen MR) is 106 cm³/mol. The van der Waals surface area contributed by atoms with Crippen LogP contribution in [0.25, 0.3) is 0 Å². The van der Waals surface area contributed by atoms with Crippen LogP contribution < -0.4 is 10.1 Å². The van der Waals surface area contributed by atoms with Crippen molar-refractivity contribution in [2.24, 2.45) is 9.98 Å². The van der Waals surface area contributed by atoms with E-state index in [1.54, 1.807) is 0 Å². The van der Waals surface area contributed by atoms with Gasteiger partial charge in [-0.2, -0.15) is 0 Å². The van der Waals surface area contributed by atoms with Gasteiger partial charge in [-0.3, -0.25) is 4.99 Å². The highest BCUT2D eigenvalue weighted by atomic mass is 16.5. The second-order valence-electron chi connectivity index (χ2n) is 7.18. The number of aryl methyl sites for hydroxylation is 1. The maximum Gasteiger partial charge on any atom is 0.137 e. The van der Waals surface area contributed by atoms with E-state index < -0.39 is 0 Å². The topological polar surface area (TPSA) is 50.9 Å². The number of aromatic nitrogens is 1. The average molecular weight is 350 g/mol. The van der Waals surface area contributed by atoms with Gasteiger partial charge in [-0.25, -0.2) is 4.99 Å². The Labute approximate surface area is 154 Å². The molecule has 136 valence electrons. The molecule has 0 radical (unpaired) electrons. The van der Waals surface area contributed by atoms with Crippen molar-refractivity contribution in [1.82, 2.24) is 9.88 Å². The van der Waals surface area contributed by atoms with Crippen LogP contribution in [-0.4, -0.2) is 30.3 Å². The highest BCUT2D eigenvalue weighted by molar-refractivity contribution is 5.66. The second kappa shape index (κ2) is 7.46. The lowest BCUT2D eigenvalue weighted by Crippen LogP contribution is -2.25. The van der Waals surface area contributed by atoms with Crippen LogP contribution >= 0.6 is 0 Å². The Kier molecular flexibility index (Phi) is 4.89. The van der Waals surface area contributed by atoms with Crippen LogP contribution in [0.15, 0.2) is 40.4 Å². The molecule has 2 heterocycles. The van der Waals surface area contributed by atoms with E-state index in [1.165, 1.54) is 17.5 Å². The molecule has 5 heteroatoms. The third-order valence-corrected chi connectivity index (χ3v) is 5.49. The number of aliphatic imine (C=N–C) groups is 2. The summed E-state index contributed by atoms with van der Waals surface area (Å²) in [4.78, 5) is 8.20. The zero-order valence-corrected chi connectivity index (χ0v) is 15.3. The number of ether oxygens (including phenoxy) is 1. The van der Waals surface area contributed by atoms with Crippen molar-refractivity contribution >= 4 is 18.9 Å². The van der Waals surface area contributed by atoms with Crippen LogP contribution in [0.1, 0.15) is 42.0 Å². The fourth-order valence-electron chi connectivity index (χ4n) is 4.15. The van der Waals surface area contributed by atoms with Gasteiger partial charge in [0.2, 0.25) is 0 Å². The molecule has 5 nitrogen and oxygen atoms in total. The highest BCUT2D eigenvalue weighted by Crippen LogP contribution is 2.38. The quantitative estimate of drug-likeness (QED) is 0.655. The molecule has 0 bridgehead atoms. The molecular formula is C21H26N4O. The van der Waals surface area contributed by atoms with Crippen LogP contribution in [0.5, 0.6) is 5.75 Å². The molecule has 1 aliphatic carbocycles. The van der Waals surface area contributed by atoms with Crippen molar-refractivity contribution in [3.63, 3.8) is 0 Å². The Hall–Kier alpha value is -2.40. The molecule has 1 fully saturated rings. The Morgan fingerprint density at radius 2 is 2.23 bits per heavy atom.